The van der Waals surface area contributed by atoms with Crippen LogP contribution in [0, 0.1) is 5.92 Å². The number of hydrogen-bond acceptors (Lipinski definition) is 1. The van der Waals surface area contributed by atoms with Crippen molar-refractivity contribution < 1.29 is 4.74 Å². The van der Waals surface area contributed by atoms with E-state index < -0.39 is 0 Å². The quantitative estimate of drug-likeness (QED) is 0.582. The lowest BCUT2D eigenvalue weighted by atomic mass is 10.0. The van der Waals surface area contributed by atoms with Crippen molar-refractivity contribution in [2.24, 2.45) is 5.92 Å². The SMILES string of the molecule is C/C=C(Cl)\C(=C/CC)COc1ccc(CC(C)C)cc1. The maximum atomic E-state index is 6.17. The molecule has 0 aliphatic carbocycles. The van der Waals surface area contributed by atoms with Gasteiger partial charge in [0.15, 0.2) is 0 Å². The zero-order chi connectivity index (χ0) is 15.0. The molecule has 2 heteroatoms. The molecule has 0 saturated heterocycles. The number of benzene rings is 1. The molecule has 0 bridgehead atoms. The van der Waals surface area contributed by atoms with Crippen molar-refractivity contribution in [2.45, 2.75) is 40.5 Å². The summed E-state index contributed by atoms with van der Waals surface area (Å²) in [6.45, 7) is 9.00. The molecule has 0 radical (unpaired) electrons. The number of allylic oxidation sites excluding steroid dienone is 2. The van der Waals surface area contributed by atoms with E-state index in [2.05, 4.69) is 39.0 Å². The van der Waals surface area contributed by atoms with Crippen LogP contribution in [0.2, 0.25) is 0 Å². The molecule has 0 spiro atoms. The Labute approximate surface area is 128 Å². The molecular formula is C18H25ClO. The van der Waals surface area contributed by atoms with Crippen LogP contribution in [-0.2, 0) is 6.42 Å². The molecule has 0 N–H and O–H groups in total. The number of rotatable bonds is 7. The van der Waals surface area contributed by atoms with Gasteiger partial charge in [-0.25, -0.2) is 0 Å². The summed E-state index contributed by atoms with van der Waals surface area (Å²) in [5.41, 5.74) is 2.39. The molecule has 0 heterocycles. The molecule has 0 atom stereocenters. The van der Waals surface area contributed by atoms with Gasteiger partial charge in [-0.1, -0.05) is 56.7 Å². The van der Waals surface area contributed by atoms with Gasteiger partial charge in [0.2, 0.25) is 0 Å². The lowest BCUT2D eigenvalue weighted by Crippen LogP contribution is -2.02. The minimum absolute atomic E-state index is 0.514. The first-order valence-corrected chi connectivity index (χ1v) is 7.67. The van der Waals surface area contributed by atoms with Gasteiger partial charge in [0.1, 0.15) is 12.4 Å². The number of hydrogen-bond donors (Lipinski definition) is 0. The minimum Gasteiger partial charge on any atom is -0.489 e. The largest absolute Gasteiger partial charge is 0.489 e. The van der Waals surface area contributed by atoms with Crippen LogP contribution in [0.3, 0.4) is 0 Å². The summed E-state index contributed by atoms with van der Waals surface area (Å²) in [6, 6.07) is 8.33. The maximum Gasteiger partial charge on any atom is 0.119 e. The molecule has 1 rings (SSSR count). The normalized spacial score (nSPS) is 12.9. The highest BCUT2D eigenvalue weighted by molar-refractivity contribution is 6.31. The van der Waals surface area contributed by atoms with Crippen LogP contribution in [0.5, 0.6) is 5.75 Å². The third-order valence-electron chi connectivity index (χ3n) is 2.97. The summed E-state index contributed by atoms with van der Waals surface area (Å²) >= 11 is 6.17. The Balaban J connectivity index is 2.62. The third kappa shape index (κ3) is 5.83. The van der Waals surface area contributed by atoms with E-state index in [4.69, 9.17) is 16.3 Å². The molecule has 0 saturated carbocycles. The van der Waals surface area contributed by atoms with E-state index in [1.54, 1.807) is 0 Å². The monoisotopic (exact) mass is 292 g/mol. The Kier molecular flexibility index (Phi) is 7.46. The van der Waals surface area contributed by atoms with Gasteiger partial charge in [-0.3, -0.25) is 0 Å². The van der Waals surface area contributed by atoms with E-state index in [1.807, 2.05) is 25.1 Å². The topological polar surface area (TPSA) is 9.23 Å². The predicted octanol–water partition coefficient (Wildman–Crippen LogP) is 5.74. The van der Waals surface area contributed by atoms with E-state index in [0.717, 1.165) is 29.2 Å². The number of halogens is 1. The predicted molar refractivity (Wildman–Crippen MR) is 88.5 cm³/mol. The van der Waals surface area contributed by atoms with Crippen LogP contribution in [-0.4, -0.2) is 6.61 Å². The Hall–Kier alpha value is -1.21. The molecule has 20 heavy (non-hydrogen) atoms. The Morgan fingerprint density at radius 3 is 2.40 bits per heavy atom. The molecule has 1 aromatic rings. The first-order valence-electron chi connectivity index (χ1n) is 7.29. The van der Waals surface area contributed by atoms with Crippen molar-refractivity contribution in [3.63, 3.8) is 0 Å². The van der Waals surface area contributed by atoms with Crippen LogP contribution in [0.15, 0.2) is 47.0 Å². The highest BCUT2D eigenvalue weighted by Gasteiger charge is 2.03. The van der Waals surface area contributed by atoms with Crippen LogP contribution in [0.1, 0.15) is 39.7 Å². The third-order valence-corrected chi connectivity index (χ3v) is 3.43. The van der Waals surface area contributed by atoms with Gasteiger partial charge < -0.3 is 4.74 Å². The molecule has 0 aromatic heterocycles. The Bertz CT molecular complexity index is 455. The Morgan fingerprint density at radius 1 is 1.25 bits per heavy atom. The minimum atomic E-state index is 0.514. The summed E-state index contributed by atoms with van der Waals surface area (Å²) in [5, 5.41) is 0.767. The Morgan fingerprint density at radius 2 is 1.90 bits per heavy atom. The molecule has 1 aromatic carbocycles. The van der Waals surface area contributed by atoms with E-state index in [1.165, 1.54) is 5.56 Å². The fraction of sp³-hybridized carbons (Fsp3) is 0.444. The smallest absolute Gasteiger partial charge is 0.119 e. The molecule has 0 fully saturated rings. The van der Waals surface area contributed by atoms with Crippen molar-refractivity contribution in [3.05, 3.63) is 52.6 Å². The lowest BCUT2D eigenvalue weighted by molar-refractivity contribution is 0.354. The van der Waals surface area contributed by atoms with Crippen molar-refractivity contribution in [1.29, 1.82) is 0 Å². The summed E-state index contributed by atoms with van der Waals surface area (Å²) in [6.07, 6.45) is 6.06. The van der Waals surface area contributed by atoms with E-state index in [9.17, 15) is 0 Å². The lowest BCUT2D eigenvalue weighted by Gasteiger charge is -2.10. The zero-order valence-corrected chi connectivity index (χ0v) is 13.7. The average Bonchev–Trinajstić information content (AvgIpc) is 2.43. The first-order chi connectivity index (χ1) is 9.56. The van der Waals surface area contributed by atoms with Gasteiger partial charge in [0, 0.05) is 10.6 Å². The zero-order valence-electron chi connectivity index (χ0n) is 12.9. The van der Waals surface area contributed by atoms with Gasteiger partial charge in [0.05, 0.1) is 0 Å². The van der Waals surface area contributed by atoms with Crippen LogP contribution in [0.25, 0.3) is 0 Å². The summed E-state index contributed by atoms with van der Waals surface area (Å²) in [7, 11) is 0. The highest BCUT2D eigenvalue weighted by Crippen LogP contribution is 2.19. The molecule has 0 aliphatic heterocycles. The van der Waals surface area contributed by atoms with Gasteiger partial charge >= 0.3 is 0 Å². The van der Waals surface area contributed by atoms with Crippen LogP contribution >= 0.6 is 11.6 Å². The first kappa shape index (κ1) is 16.8. The highest BCUT2D eigenvalue weighted by atomic mass is 35.5. The summed E-state index contributed by atoms with van der Waals surface area (Å²) in [5.74, 6) is 1.56. The van der Waals surface area contributed by atoms with Crippen molar-refractivity contribution >= 4 is 11.6 Å². The average molecular weight is 293 g/mol. The fourth-order valence-corrected chi connectivity index (χ4v) is 2.14. The van der Waals surface area contributed by atoms with Crippen molar-refractivity contribution in [3.8, 4) is 5.75 Å². The van der Waals surface area contributed by atoms with E-state index >= 15 is 0 Å². The second-order valence-corrected chi connectivity index (χ2v) is 5.71. The van der Waals surface area contributed by atoms with Crippen LogP contribution in [0.4, 0.5) is 0 Å². The van der Waals surface area contributed by atoms with E-state index in [0.29, 0.717) is 12.5 Å². The molecule has 0 unspecified atom stereocenters. The standard InChI is InChI=1S/C18H25ClO/c1-5-7-16(18(19)6-2)13-20-17-10-8-15(9-11-17)12-14(3)4/h6-11,14H,5,12-13H2,1-4H3/b16-7-,18-6+. The maximum absolute atomic E-state index is 6.17. The molecule has 0 aliphatic rings. The van der Waals surface area contributed by atoms with Gasteiger partial charge in [-0.05, 0) is 43.4 Å². The molecule has 0 amide bonds. The fourth-order valence-electron chi connectivity index (χ4n) is 2.01. The summed E-state index contributed by atoms with van der Waals surface area (Å²) in [4.78, 5) is 0. The molecule has 110 valence electrons. The van der Waals surface area contributed by atoms with Crippen molar-refractivity contribution in [2.75, 3.05) is 6.61 Å². The van der Waals surface area contributed by atoms with Gasteiger partial charge in [0.25, 0.3) is 0 Å². The summed E-state index contributed by atoms with van der Waals surface area (Å²) < 4.78 is 5.81. The van der Waals surface area contributed by atoms with E-state index in [-0.39, 0.29) is 0 Å². The number of ether oxygens (including phenoxy) is 1. The molecule has 1 nitrogen and oxygen atoms in total. The van der Waals surface area contributed by atoms with Gasteiger partial charge in [-0.2, -0.15) is 0 Å². The molecular weight excluding hydrogens is 268 g/mol. The van der Waals surface area contributed by atoms with Gasteiger partial charge in [-0.15, -0.1) is 0 Å². The second-order valence-electron chi connectivity index (χ2n) is 5.30. The van der Waals surface area contributed by atoms with Crippen molar-refractivity contribution in [1.82, 2.24) is 0 Å². The van der Waals surface area contributed by atoms with Crippen LogP contribution < -0.4 is 4.74 Å². The second kappa shape index (κ2) is 8.86.